The Bertz CT molecular complexity index is 545. The normalized spacial score (nSPS) is 26.1. The molecule has 0 amide bonds. The molecule has 0 aromatic rings. The van der Waals surface area contributed by atoms with E-state index in [0.717, 1.165) is 5.92 Å². The molecule has 0 aromatic heterocycles. The molecule has 6 heteroatoms. The van der Waals surface area contributed by atoms with Crippen molar-refractivity contribution in [1.82, 2.24) is 3.26 Å². The van der Waals surface area contributed by atoms with Gasteiger partial charge >= 0.3 is 138 Å². The first kappa shape index (κ1) is 24.3. The van der Waals surface area contributed by atoms with Crippen LogP contribution in [-0.4, -0.2) is 15.0 Å². The first-order valence-corrected chi connectivity index (χ1v) is 25.2. The molecule has 2 aliphatic rings. The summed E-state index contributed by atoms with van der Waals surface area (Å²) < 4.78 is 4.29. The van der Waals surface area contributed by atoms with Crippen LogP contribution in [-0.2, 0) is 18.9 Å². The van der Waals surface area contributed by atoms with Crippen molar-refractivity contribution < 1.29 is 43.7 Å². The molecule has 134 valence electrons. The van der Waals surface area contributed by atoms with Crippen LogP contribution in [0.1, 0.15) is 48.5 Å². The van der Waals surface area contributed by atoms with E-state index in [1.54, 1.807) is 16.7 Å². The van der Waals surface area contributed by atoms with Crippen molar-refractivity contribution in [3.8, 4) is 0 Å². The van der Waals surface area contributed by atoms with E-state index in [1.165, 1.54) is 0 Å². The predicted molar refractivity (Wildman–Crippen MR) is 98.1 cm³/mol. The second-order valence-electron chi connectivity index (χ2n) is 9.44. The summed E-state index contributed by atoms with van der Waals surface area (Å²) in [6.45, 7) is 27.7. The monoisotopic (exact) mass is 469 g/mol. The summed E-state index contributed by atoms with van der Waals surface area (Å²) in [5.41, 5.74) is 5.21. The maximum absolute atomic E-state index is 4.38. The molecular formula is C17H35Cl2NSi2Zr. The van der Waals surface area contributed by atoms with E-state index < -0.39 is 28.3 Å². The van der Waals surface area contributed by atoms with Gasteiger partial charge in [-0.25, -0.2) is 0 Å². The number of halogens is 2. The van der Waals surface area contributed by atoms with E-state index in [4.69, 9.17) is 0 Å². The number of allylic oxidation sites excluding steroid dienone is 4. The fraction of sp³-hybridized carbons (Fsp3) is 0.765. The van der Waals surface area contributed by atoms with Crippen molar-refractivity contribution in [2.24, 2.45) is 5.92 Å². The van der Waals surface area contributed by atoms with Gasteiger partial charge in [0.25, 0.3) is 0 Å². The van der Waals surface area contributed by atoms with Crippen molar-refractivity contribution in [2.75, 3.05) is 0 Å². The standard InChI is InChI=1S/C9H13.C4H10N.C4H12Si2.2ClH.Zr/c1-6-5-7(2)9(4)8(6)3;1-4(2,3)5;1-5(2)6(3)4;;;/h6H,1-4H3;5H,1-3H3;1-4H3;2*1H;/q;-1;;;;+3/p-2. The van der Waals surface area contributed by atoms with Gasteiger partial charge in [0.1, 0.15) is 0 Å². The minimum atomic E-state index is -2.39. The minimum absolute atomic E-state index is 0. The van der Waals surface area contributed by atoms with E-state index in [0.29, 0.717) is 0 Å². The molecule has 1 aliphatic carbocycles. The molecule has 1 aliphatic heterocycles. The first-order valence-electron chi connectivity index (χ1n) is 8.40. The second kappa shape index (κ2) is 6.81. The molecule has 1 nitrogen and oxygen atoms in total. The van der Waals surface area contributed by atoms with Crippen molar-refractivity contribution in [3.63, 3.8) is 0 Å². The zero-order chi connectivity index (χ0) is 16.6. The maximum Gasteiger partial charge on any atom is -1.00 e. The molecule has 0 saturated carbocycles. The van der Waals surface area contributed by atoms with E-state index in [9.17, 15) is 0 Å². The number of nitrogens with one attached hydrogen (secondary N) is 1. The third-order valence-corrected chi connectivity index (χ3v) is 115. The Kier molecular flexibility index (Phi) is 7.21. The van der Waals surface area contributed by atoms with Crippen LogP contribution in [0.3, 0.4) is 0 Å². The Balaban J connectivity index is 0.00000242. The number of rotatable bonds is 2. The van der Waals surface area contributed by atoms with Gasteiger partial charge < -0.3 is 24.8 Å². The smallest absolute Gasteiger partial charge is 1.00 e. The summed E-state index contributed by atoms with van der Waals surface area (Å²) in [5.74, 6) is 0.719. The molecule has 0 radical (unpaired) electrons. The molecule has 0 aromatic carbocycles. The molecule has 0 bridgehead atoms. The third-order valence-electron chi connectivity index (χ3n) is 6.98. The molecule has 1 fully saturated rings. The van der Waals surface area contributed by atoms with Crippen molar-refractivity contribution in [2.45, 2.75) is 80.2 Å². The predicted octanol–water partition coefficient (Wildman–Crippen LogP) is -0.786. The van der Waals surface area contributed by atoms with Crippen LogP contribution >= 0.6 is 0 Å². The van der Waals surface area contributed by atoms with Gasteiger partial charge in [0.15, 0.2) is 0 Å². The topological polar surface area (TPSA) is 12.0 Å². The second-order valence-corrected chi connectivity index (χ2v) is 66.7. The van der Waals surface area contributed by atoms with Crippen LogP contribution in [0.2, 0.25) is 26.2 Å². The van der Waals surface area contributed by atoms with Gasteiger partial charge in [0.05, 0.1) is 0 Å². The van der Waals surface area contributed by atoms with Gasteiger partial charge in [-0.2, -0.15) is 0 Å². The zero-order valence-corrected chi connectivity index (χ0v) is 22.8. The van der Waals surface area contributed by atoms with Gasteiger partial charge in [0, 0.05) is 0 Å². The van der Waals surface area contributed by atoms with E-state index >= 15 is 0 Å². The van der Waals surface area contributed by atoms with Crippen LogP contribution in [0.15, 0.2) is 20.0 Å². The Morgan fingerprint density at radius 1 is 0.870 bits per heavy atom. The summed E-state index contributed by atoms with van der Waals surface area (Å²) >= 11 is -2.39. The van der Waals surface area contributed by atoms with Crippen molar-refractivity contribution in [3.05, 3.63) is 20.0 Å². The summed E-state index contributed by atoms with van der Waals surface area (Å²) in [7, 11) is 0. The van der Waals surface area contributed by atoms with Crippen LogP contribution in [0, 0.1) is 5.92 Å². The van der Waals surface area contributed by atoms with Gasteiger partial charge in [-0.15, -0.1) is 0 Å². The van der Waals surface area contributed by atoms with E-state index in [1.807, 2.05) is 3.28 Å². The molecule has 1 atom stereocenters. The molecule has 1 saturated heterocycles. The Morgan fingerprint density at radius 2 is 1.26 bits per heavy atom. The third kappa shape index (κ3) is 3.12. The van der Waals surface area contributed by atoms with Crippen LogP contribution in [0.25, 0.3) is 0 Å². The average Bonchev–Trinajstić information content (AvgIpc) is 2.51. The largest absolute Gasteiger partial charge is 1.00 e. The molecule has 1 unspecified atom stereocenters. The molecule has 1 heterocycles. The number of hydrogen-bond acceptors (Lipinski definition) is 1. The van der Waals surface area contributed by atoms with Gasteiger partial charge in [-0.1, -0.05) is 0 Å². The van der Waals surface area contributed by atoms with Crippen molar-refractivity contribution >= 4 is 9.44 Å². The van der Waals surface area contributed by atoms with Crippen LogP contribution in [0.4, 0.5) is 0 Å². The summed E-state index contributed by atoms with van der Waals surface area (Å²) in [6, 6.07) is 0. The summed E-state index contributed by atoms with van der Waals surface area (Å²) in [5, 5.41) is 0. The Labute approximate surface area is 161 Å². The van der Waals surface area contributed by atoms with Crippen LogP contribution < -0.4 is 28.1 Å². The summed E-state index contributed by atoms with van der Waals surface area (Å²) in [4.78, 5) is 0. The first-order chi connectivity index (χ1) is 9.22. The minimum Gasteiger partial charge on any atom is -1.00 e. The molecule has 1 N–H and O–H groups in total. The molecular weight excluding hydrogens is 436 g/mol. The fourth-order valence-electron chi connectivity index (χ4n) is 4.90. The van der Waals surface area contributed by atoms with Gasteiger partial charge in [0.2, 0.25) is 0 Å². The Morgan fingerprint density at radius 3 is 1.48 bits per heavy atom. The average molecular weight is 472 g/mol. The SMILES string of the molecule is CC1=C(C)C(C)[C]([Zr+2]2([NH]C(C)(C)C)[Si](C)(C)[Si]2(C)C)=C1C.[Cl-].[Cl-]. The quantitative estimate of drug-likeness (QED) is 0.521. The molecule has 2 rings (SSSR count). The maximum atomic E-state index is 4.38. The summed E-state index contributed by atoms with van der Waals surface area (Å²) in [6.07, 6.45) is 0. The fourth-order valence-corrected chi connectivity index (χ4v) is 156. The zero-order valence-electron chi connectivity index (χ0n) is 16.8. The van der Waals surface area contributed by atoms with Gasteiger partial charge in [-0.3, -0.25) is 0 Å². The van der Waals surface area contributed by atoms with E-state index in [-0.39, 0.29) is 30.4 Å². The molecule has 23 heavy (non-hydrogen) atoms. The van der Waals surface area contributed by atoms with Crippen LogP contribution in [0.5, 0.6) is 0 Å². The Hall–Kier alpha value is 1.34. The van der Waals surface area contributed by atoms with Gasteiger partial charge in [-0.05, 0) is 0 Å². The molecule has 0 spiro atoms. The van der Waals surface area contributed by atoms with E-state index in [2.05, 4.69) is 77.9 Å². The van der Waals surface area contributed by atoms with Crippen molar-refractivity contribution in [1.29, 1.82) is 0 Å². The number of hydrogen-bond donors (Lipinski definition) is 1.